The molecule has 120 valence electrons. The molecule has 0 aliphatic heterocycles. The molecule has 1 aromatic heterocycles. The number of nitrogens with one attached hydrogen (secondary N) is 1. The van der Waals surface area contributed by atoms with E-state index in [0.29, 0.717) is 24.0 Å². The Morgan fingerprint density at radius 2 is 1.95 bits per heavy atom. The highest BCUT2D eigenvalue weighted by atomic mass is 32.2. The highest BCUT2D eigenvalue weighted by molar-refractivity contribution is 7.89. The lowest BCUT2D eigenvalue weighted by Gasteiger charge is -2.18. The first-order chi connectivity index (χ1) is 9.80. The molecule has 0 aromatic carbocycles. The fraction of sp³-hybridized carbons (Fsp3) is 0.714. The molecule has 2 rings (SSSR count). The summed E-state index contributed by atoms with van der Waals surface area (Å²) >= 11 is 0. The van der Waals surface area contributed by atoms with E-state index >= 15 is 0 Å². The average molecular weight is 314 g/mol. The van der Waals surface area contributed by atoms with Crippen molar-refractivity contribution in [1.29, 1.82) is 0 Å². The third kappa shape index (κ3) is 4.29. The van der Waals surface area contributed by atoms with E-state index in [-0.39, 0.29) is 0 Å². The summed E-state index contributed by atoms with van der Waals surface area (Å²) in [5, 5.41) is 3.41. The summed E-state index contributed by atoms with van der Waals surface area (Å²) in [7, 11) is 3.99. The Bertz CT molecular complexity index is 576. The van der Waals surface area contributed by atoms with E-state index in [2.05, 4.69) is 5.32 Å². The molecule has 1 saturated carbocycles. The van der Waals surface area contributed by atoms with Crippen LogP contribution in [0.1, 0.15) is 18.5 Å². The van der Waals surface area contributed by atoms with Crippen molar-refractivity contribution in [1.82, 2.24) is 19.1 Å². The van der Waals surface area contributed by atoms with Gasteiger partial charge in [0.15, 0.2) is 0 Å². The Labute approximate surface area is 127 Å². The minimum Gasteiger partial charge on any atom is -0.352 e. The molecule has 0 radical (unpaired) electrons. The molecule has 1 aromatic rings. The topological polar surface area (TPSA) is 57.6 Å². The Kier molecular flexibility index (Phi) is 5.08. The fourth-order valence-corrected chi connectivity index (χ4v) is 3.33. The van der Waals surface area contributed by atoms with Crippen LogP contribution < -0.4 is 5.32 Å². The number of rotatable bonds is 8. The molecule has 6 nitrogen and oxygen atoms in total. The van der Waals surface area contributed by atoms with Gasteiger partial charge in [-0.2, -0.15) is 4.31 Å². The Morgan fingerprint density at radius 1 is 1.29 bits per heavy atom. The first-order valence-electron chi connectivity index (χ1n) is 7.30. The molecule has 1 fully saturated rings. The van der Waals surface area contributed by atoms with Crippen molar-refractivity contribution in [3.63, 3.8) is 0 Å². The molecule has 7 heteroatoms. The van der Waals surface area contributed by atoms with Crippen molar-refractivity contribution >= 4 is 10.0 Å². The SMILES string of the molecule is CN(C)CCN(C)S(=O)(=O)c1cc(CNC2CC2)n(C)c1. The van der Waals surface area contributed by atoms with Crippen LogP contribution in [0.4, 0.5) is 0 Å². The van der Waals surface area contributed by atoms with Gasteiger partial charge in [0.25, 0.3) is 0 Å². The van der Waals surface area contributed by atoms with E-state index in [1.165, 1.54) is 17.1 Å². The van der Waals surface area contributed by atoms with Crippen molar-refractivity contribution in [2.45, 2.75) is 30.3 Å². The van der Waals surface area contributed by atoms with Crippen LogP contribution in [-0.2, 0) is 23.6 Å². The van der Waals surface area contributed by atoms with Crippen molar-refractivity contribution in [3.05, 3.63) is 18.0 Å². The maximum Gasteiger partial charge on any atom is 0.244 e. The summed E-state index contributed by atoms with van der Waals surface area (Å²) in [5.74, 6) is 0. The second-order valence-corrected chi connectivity index (χ2v) is 8.11. The number of aromatic nitrogens is 1. The summed E-state index contributed by atoms with van der Waals surface area (Å²) in [6.07, 6.45) is 4.15. The fourth-order valence-electron chi connectivity index (χ4n) is 2.07. The molecule has 1 heterocycles. The van der Waals surface area contributed by atoms with Crippen molar-refractivity contribution in [2.24, 2.45) is 7.05 Å². The lowest BCUT2D eigenvalue weighted by atomic mass is 10.4. The standard InChI is InChI=1S/C14H26N4O2S/c1-16(2)7-8-18(4)21(19,20)14-9-13(17(3)11-14)10-15-12-5-6-12/h9,11-12,15H,5-8,10H2,1-4H3. The smallest absolute Gasteiger partial charge is 0.244 e. The number of nitrogens with zero attached hydrogens (tertiary/aromatic N) is 3. The van der Waals surface area contributed by atoms with E-state index in [1.54, 1.807) is 19.3 Å². The first kappa shape index (κ1) is 16.5. The lowest BCUT2D eigenvalue weighted by Crippen LogP contribution is -2.33. The van der Waals surface area contributed by atoms with Crippen LogP contribution in [0, 0.1) is 0 Å². The number of likely N-dealkylation sites (N-methyl/N-ethyl adjacent to an activating group) is 2. The Balaban J connectivity index is 2.06. The normalized spacial score (nSPS) is 16.1. The molecule has 21 heavy (non-hydrogen) atoms. The monoisotopic (exact) mass is 314 g/mol. The van der Waals surface area contributed by atoms with Crippen LogP contribution in [0.5, 0.6) is 0 Å². The van der Waals surface area contributed by atoms with Gasteiger partial charge in [-0.15, -0.1) is 0 Å². The second-order valence-electron chi connectivity index (χ2n) is 6.06. The minimum absolute atomic E-state index is 0.374. The predicted molar refractivity (Wildman–Crippen MR) is 83.6 cm³/mol. The third-order valence-corrected chi connectivity index (χ3v) is 5.62. The maximum absolute atomic E-state index is 12.5. The molecule has 0 bridgehead atoms. The van der Waals surface area contributed by atoms with Crippen molar-refractivity contribution < 1.29 is 8.42 Å². The van der Waals surface area contributed by atoms with E-state index < -0.39 is 10.0 Å². The molecule has 0 unspecified atom stereocenters. The van der Waals surface area contributed by atoms with Gasteiger partial charge < -0.3 is 14.8 Å². The predicted octanol–water partition coefficient (Wildman–Crippen LogP) is 0.459. The quantitative estimate of drug-likeness (QED) is 0.757. The Morgan fingerprint density at radius 3 is 2.52 bits per heavy atom. The number of hydrogen-bond donors (Lipinski definition) is 1. The maximum atomic E-state index is 12.5. The van der Waals surface area contributed by atoms with Crippen LogP contribution in [-0.4, -0.2) is 62.5 Å². The number of sulfonamides is 1. The van der Waals surface area contributed by atoms with E-state index in [0.717, 1.165) is 12.2 Å². The molecular formula is C14H26N4O2S. The van der Waals surface area contributed by atoms with Gasteiger partial charge >= 0.3 is 0 Å². The number of hydrogen-bond acceptors (Lipinski definition) is 4. The van der Waals surface area contributed by atoms with Gasteiger partial charge in [0.2, 0.25) is 10.0 Å². The highest BCUT2D eigenvalue weighted by Gasteiger charge is 2.24. The van der Waals surface area contributed by atoms with Crippen LogP contribution in [0.2, 0.25) is 0 Å². The summed E-state index contributed by atoms with van der Waals surface area (Å²) in [6.45, 7) is 1.91. The van der Waals surface area contributed by atoms with Gasteiger partial charge in [0.1, 0.15) is 4.90 Å². The largest absolute Gasteiger partial charge is 0.352 e. The molecule has 1 aliphatic rings. The van der Waals surface area contributed by atoms with Crippen molar-refractivity contribution in [3.8, 4) is 0 Å². The van der Waals surface area contributed by atoms with E-state index in [1.807, 2.05) is 30.6 Å². The lowest BCUT2D eigenvalue weighted by molar-refractivity contribution is 0.358. The molecule has 0 amide bonds. The number of aryl methyl sites for hydroxylation is 1. The van der Waals surface area contributed by atoms with Gasteiger partial charge in [-0.05, 0) is 33.0 Å². The van der Waals surface area contributed by atoms with E-state index in [9.17, 15) is 8.42 Å². The minimum atomic E-state index is -3.40. The first-order valence-corrected chi connectivity index (χ1v) is 8.74. The molecule has 1 aliphatic carbocycles. The van der Waals surface area contributed by atoms with E-state index in [4.69, 9.17) is 0 Å². The van der Waals surface area contributed by atoms with Crippen molar-refractivity contribution in [2.75, 3.05) is 34.2 Å². The Hall–Kier alpha value is -0.890. The van der Waals surface area contributed by atoms with Gasteiger partial charge in [0, 0.05) is 51.7 Å². The molecule has 0 saturated heterocycles. The zero-order chi connectivity index (χ0) is 15.6. The van der Waals surface area contributed by atoms with Gasteiger partial charge in [-0.1, -0.05) is 0 Å². The molecule has 0 atom stereocenters. The summed E-state index contributed by atoms with van der Waals surface area (Å²) in [5.41, 5.74) is 1.00. The summed E-state index contributed by atoms with van der Waals surface area (Å²) < 4.78 is 28.4. The third-order valence-electron chi connectivity index (χ3n) is 3.80. The van der Waals surface area contributed by atoms with Crippen LogP contribution in [0.15, 0.2) is 17.2 Å². The zero-order valence-corrected chi connectivity index (χ0v) is 14.2. The summed E-state index contributed by atoms with van der Waals surface area (Å²) in [4.78, 5) is 2.35. The second kappa shape index (κ2) is 6.48. The zero-order valence-electron chi connectivity index (χ0n) is 13.3. The van der Waals surface area contributed by atoms with Gasteiger partial charge in [0.05, 0.1) is 0 Å². The summed E-state index contributed by atoms with van der Waals surface area (Å²) in [6, 6.07) is 2.39. The highest BCUT2D eigenvalue weighted by Crippen LogP contribution is 2.21. The molecule has 0 spiro atoms. The molecular weight excluding hydrogens is 288 g/mol. The van der Waals surface area contributed by atoms with Crippen LogP contribution in [0.3, 0.4) is 0 Å². The van der Waals surface area contributed by atoms with Gasteiger partial charge in [-0.3, -0.25) is 0 Å². The van der Waals surface area contributed by atoms with Crippen LogP contribution >= 0.6 is 0 Å². The van der Waals surface area contributed by atoms with Gasteiger partial charge in [-0.25, -0.2) is 8.42 Å². The molecule has 1 N–H and O–H groups in total. The average Bonchev–Trinajstić information content (AvgIpc) is 3.16. The van der Waals surface area contributed by atoms with Crippen LogP contribution in [0.25, 0.3) is 0 Å².